The van der Waals surface area contributed by atoms with Crippen LogP contribution in [0.25, 0.3) is 0 Å². The number of carbonyl (C=O) groups is 1. The molecule has 0 amide bonds. The van der Waals surface area contributed by atoms with Gasteiger partial charge in [-0.3, -0.25) is 4.79 Å². The molecule has 16 heavy (non-hydrogen) atoms. The van der Waals surface area contributed by atoms with Crippen molar-refractivity contribution in [2.75, 3.05) is 0 Å². The third-order valence-corrected chi connectivity index (χ3v) is 2.27. The van der Waals surface area contributed by atoms with Crippen LogP contribution in [0.4, 0.5) is 0 Å². The lowest BCUT2D eigenvalue weighted by Gasteiger charge is -2.04. The fraction of sp³-hybridized carbons (Fsp3) is 0.533. The fourth-order valence-electron chi connectivity index (χ4n) is 1.42. The van der Waals surface area contributed by atoms with E-state index >= 15 is 0 Å². The Labute approximate surface area is 99.9 Å². The molecule has 0 aromatic rings. The average Bonchev–Trinajstić information content (AvgIpc) is 2.22. The third-order valence-electron chi connectivity index (χ3n) is 2.27. The minimum Gasteiger partial charge on any atom is -0.300 e. The van der Waals surface area contributed by atoms with Crippen molar-refractivity contribution in [1.29, 1.82) is 0 Å². The first-order chi connectivity index (χ1) is 7.60. The van der Waals surface area contributed by atoms with E-state index in [1.807, 2.05) is 18.2 Å². The summed E-state index contributed by atoms with van der Waals surface area (Å²) in [6.45, 7) is 10.0. The van der Waals surface area contributed by atoms with Gasteiger partial charge in [-0.05, 0) is 24.3 Å². The van der Waals surface area contributed by atoms with E-state index in [1.165, 1.54) is 0 Å². The van der Waals surface area contributed by atoms with Gasteiger partial charge in [-0.25, -0.2) is 0 Å². The molecule has 0 fully saturated rings. The number of hydrogen-bond donors (Lipinski definition) is 0. The Balaban J connectivity index is 4.05. The second kappa shape index (κ2) is 9.14. The highest BCUT2D eigenvalue weighted by atomic mass is 16.1. The molecule has 0 heterocycles. The van der Waals surface area contributed by atoms with Gasteiger partial charge < -0.3 is 0 Å². The Morgan fingerprint density at radius 3 is 2.50 bits per heavy atom. The van der Waals surface area contributed by atoms with E-state index in [9.17, 15) is 4.79 Å². The molecule has 0 unspecified atom stereocenters. The zero-order valence-electron chi connectivity index (χ0n) is 10.8. The molecule has 1 heteroatoms. The Bertz CT molecular complexity index is 269. The molecule has 0 N–H and O–H groups in total. The number of Topliss-reactive ketones (excluding diaryl/α,β-unsaturated/α-hetero) is 1. The quantitative estimate of drug-likeness (QED) is 0.552. The molecule has 0 rings (SSSR count). The third kappa shape index (κ3) is 8.22. The Hall–Kier alpha value is -1.11. The number of hydrogen-bond acceptors (Lipinski definition) is 1. The van der Waals surface area contributed by atoms with Gasteiger partial charge in [0, 0.05) is 12.8 Å². The van der Waals surface area contributed by atoms with Crippen LogP contribution in [0.5, 0.6) is 0 Å². The zero-order valence-corrected chi connectivity index (χ0v) is 10.8. The van der Waals surface area contributed by atoms with E-state index in [2.05, 4.69) is 33.4 Å². The molecule has 0 saturated carbocycles. The Morgan fingerprint density at radius 1 is 1.31 bits per heavy atom. The molecule has 0 aromatic heterocycles. The van der Waals surface area contributed by atoms with Crippen LogP contribution < -0.4 is 0 Å². The first-order valence-corrected chi connectivity index (χ1v) is 6.10. The highest BCUT2D eigenvalue weighted by molar-refractivity contribution is 5.78. The number of carbonyl (C=O) groups excluding carboxylic acids is 1. The van der Waals surface area contributed by atoms with Crippen molar-refractivity contribution in [3.05, 3.63) is 36.5 Å². The molecular weight excluding hydrogens is 196 g/mol. The normalized spacial score (nSPS) is 12.4. The lowest BCUT2D eigenvalue weighted by molar-refractivity contribution is -0.119. The largest absolute Gasteiger partial charge is 0.300 e. The van der Waals surface area contributed by atoms with Crippen molar-refractivity contribution in [3.8, 4) is 0 Å². The van der Waals surface area contributed by atoms with Gasteiger partial charge in [0.2, 0.25) is 0 Å². The van der Waals surface area contributed by atoms with Crippen molar-refractivity contribution >= 4 is 5.78 Å². The molecule has 1 nitrogen and oxygen atoms in total. The van der Waals surface area contributed by atoms with Crippen LogP contribution in [0.3, 0.4) is 0 Å². The second-order valence-corrected chi connectivity index (χ2v) is 4.42. The molecule has 0 radical (unpaired) electrons. The summed E-state index contributed by atoms with van der Waals surface area (Å²) in [6, 6.07) is 0. The van der Waals surface area contributed by atoms with Crippen molar-refractivity contribution in [2.45, 2.75) is 46.5 Å². The predicted molar refractivity (Wildman–Crippen MR) is 71.4 cm³/mol. The van der Waals surface area contributed by atoms with Crippen LogP contribution in [0.15, 0.2) is 36.5 Å². The SMILES string of the molecule is C=C/C(=C\C=C/CC)CCC(=O)CC(C)C. The number of ketones is 1. The second-order valence-electron chi connectivity index (χ2n) is 4.42. The minimum atomic E-state index is 0.349. The van der Waals surface area contributed by atoms with Gasteiger partial charge >= 0.3 is 0 Å². The summed E-state index contributed by atoms with van der Waals surface area (Å²) in [6.07, 6.45) is 11.2. The predicted octanol–water partition coefficient (Wildman–Crippen LogP) is 4.46. The maximum atomic E-state index is 11.5. The first-order valence-electron chi connectivity index (χ1n) is 6.10. The van der Waals surface area contributed by atoms with Gasteiger partial charge in [-0.15, -0.1) is 0 Å². The van der Waals surface area contributed by atoms with Gasteiger partial charge in [-0.1, -0.05) is 51.7 Å². The molecule has 0 bridgehead atoms. The summed E-state index contributed by atoms with van der Waals surface area (Å²) in [7, 11) is 0. The van der Waals surface area contributed by atoms with Crippen molar-refractivity contribution in [3.63, 3.8) is 0 Å². The highest BCUT2D eigenvalue weighted by Crippen LogP contribution is 2.11. The lowest BCUT2D eigenvalue weighted by atomic mass is 10.0. The van der Waals surface area contributed by atoms with Crippen LogP contribution >= 0.6 is 0 Å². The van der Waals surface area contributed by atoms with Crippen LogP contribution in [0.2, 0.25) is 0 Å². The molecule has 0 atom stereocenters. The molecule has 0 saturated heterocycles. The van der Waals surface area contributed by atoms with E-state index in [0.29, 0.717) is 24.5 Å². The molecule has 0 spiro atoms. The monoisotopic (exact) mass is 220 g/mol. The van der Waals surface area contributed by atoms with Gasteiger partial charge in [0.05, 0.1) is 0 Å². The summed E-state index contributed by atoms with van der Waals surface area (Å²) >= 11 is 0. The number of rotatable bonds is 8. The number of allylic oxidation sites excluding steroid dienone is 5. The average molecular weight is 220 g/mol. The van der Waals surface area contributed by atoms with Gasteiger partial charge in [0.15, 0.2) is 0 Å². The molecule has 0 aliphatic heterocycles. The van der Waals surface area contributed by atoms with Crippen LogP contribution in [-0.2, 0) is 4.79 Å². The molecule has 0 aliphatic carbocycles. The van der Waals surface area contributed by atoms with Crippen molar-refractivity contribution in [2.24, 2.45) is 5.92 Å². The first kappa shape index (κ1) is 14.9. The fourth-order valence-corrected chi connectivity index (χ4v) is 1.42. The Morgan fingerprint density at radius 2 is 2.00 bits per heavy atom. The van der Waals surface area contributed by atoms with Crippen LogP contribution in [-0.4, -0.2) is 5.78 Å². The zero-order chi connectivity index (χ0) is 12.4. The van der Waals surface area contributed by atoms with Gasteiger partial charge in [0.1, 0.15) is 5.78 Å². The van der Waals surface area contributed by atoms with E-state index in [4.69, 9.17) is 0 Å². The highest BCUT2D eigenvalue weighted by Gasteiger charge is 2.05. The summed E-state index contributed by atoms with van der Waals surface area (Å²) in [5, 5.41) is 0. The van der Waals surface area contributed by atoms with E-state index in [0.717, 1.165) is 18.4 Å². The van der Waals surface area contributed by atoms with E-state index < -0.39 is 0 Å². The molecular formula is C15H24O. The molecule has 0 aliphatic rings. The van der Waals surface area contributed by atoms with Gasteiger partial charge in [0.25, 0.3) is 0 Å². The van der Waals surface area contributed by atoms with E-state index in [-0.39, 0.29) is 0 Å². The summed E-state index contributed by atoms with van der Waals surface area (Å²) in [5.74, 6) is 0.811. The topological polar surface area (TPSA) is 17.1 Å². The maximum absolute atomic E-state index is 11.5. The van der Waals surface area contributed by atoms with Crippen molar-refractivity contribution < 1.29 is 4.79 Å². The smallest absolute Gasteiger partial charge is 0.133 e. The van der Waals surface area contributed by atoms with E-state index in [1.54, 1.807) is 0 Å². The summed E-state index contributed by atoms with van der Waals surface area (Å²) in [4.78, 5) is 11.5. The summed E-state index contributed by atoms with van der Waals surface area (Å²) < 4.78 is 0. The lowest BCUT2D eigenvalue weighted by Crippen LogP contribution is -2.02. The van der Waals surface area contributed by atoms with Gasteiger partial charge in [-0.2, -0.15) is 0 Å². The van der Waals surface area contributed by atoms with Crippen LogP contribution in [0.1, 0.15) is 46.5 Å². The summed E-state index contributed by atoms with van der Waals surface area (Å²) in [5.41, 5.74) is 1.14. The Kier molecular flexibility index (Phi) is 8.51. The maximum Gasteiger partial charge on any atom is 0.133 e. The molecule has 90 valence electrons. The molecule has 0 aromatic carbocycles. The van der Waals surface area contributed by atoms with Crippen molar-refractivity contribution in [1.82, 2.24) is 0 Å². The standard InChI is InChI=1S/C15H24O/c1-5-7-8-9-14(6-2)10-11-15(16)12-13(3)4/h6-9,13H,2,5,10-12H2,1,3-4H3/b8-7-,14-9+. The minimum absolute atomic E-state index is 0.349. The van der Waals surface area contributed by atoms with Crippen LogP contribution in [0, 0.1) is 5.92 Å².